The number of carbonyl (C=O) groups excluding carboxylic acids is 1. The summed E-state index contributed by atoms with van der Waals surface area (Å²) in [6, 6.07) is 11.7. The number of para-hydroxylation sites is 1. The van der Waals surface area contributed by atoms with Crippen LogP contribution in [-0.4, -0.2) is 11.0 Å². The van der Waals surface area contributed by atoms with Crippen LogP contribution in [0.1, 0.15) is 15.9 Å². The van der Waals surface area contributed by atoms with Gasteiger partial charge >= 0.3 is 0 Å². The van der Waals surface area contributed by atoms with Crippen molar-refractivity contribution in [3.63, 3.8) is 0 Å². The summed E-state index contributed by atoms with van der Waals surface area (Å²) in [6.45, 7) is 1.83. The van der Waals surface area contributed by atoms with Crippen molar-refractivity contribution >= 4 is 17.3 Å². The Morgan fingerprint density at radius 1 is 1.17 bits per heavy atom. The summed E-state index contributed by atoms with van der Waals surface area (Å²) in [4.78, 5) is 12.0. The lowest BCUT2D eigenvalue weighted by Crippen LogP contribution is -2.13. The predicted octanol–water partition coefficient (Wildman–Crippen LogP) is 2.54. The van der Waals surface area contributed by atoms with Gasteiger partial charge in [-0.15, -0.1) is 0 Å². The predicted molar refractivity (Wildman–Crippen MR) is 71.7 cm³/mol. The molecule has 0 aliphatic heterocycles. The highest BCUT2D eigenvalue weighted by Gasteiger charge is 2.11. The van der Waals surface area contributed by atoms with Gasteiger partial charge in [0.25, 0.3) is 5.91 Å². The fraction of sp³-hybridized carbons (Fsp3) is 0.0714. The Morgan fingerprint density at radius 3 is 2.61 bits per heavy atom. The number of amides is 1. The number of nitrogens with one attached hydrogen (secondary N) is 1. The maximum absolute atomic E-state index is 12.0. The molecule has 0 spiro atoms. The number of rotatable bonds is 2. The van der Waals surface area contributed by atoms with E-state index in [4.69, 9.17) is 5.73 Å². The van der Waals surface area contributed by atoms with Crippen LogP contribution in [0.2, 0.25) is 0 Å². The number of anilines is 2. The molecule has 2 aromatic carbocycles. The number of benzene rings is 2. The molecule has 92 valence electrons. The molecule has 0 bridgehead atoms. The monoisotopic (exact) mass is 242 g/mol. The van der Waals surface area contributed by atoms with Gasteiger partial charge in [-0.05, 0) is 36.8 Å². The SMILES string of the molecule is Cc1c(N)cccc1NC(=O)c1ccccc1O. The van der Waals surface area contributed by atoms with Gasteiger partial charge in [0.15, 0.2) is 0 Å². The van der Waals surface area contributed by atoms with Gasteiger partial charge in [0, 0.05) is 11.4 Å². The molecule has 4 nitrogen and oxygen atoms in total. The molecule has 4 N–H and O–H groups in total. The van der Waals surface area contributed by atoms with Crippen LogP contribution in [0.25, 0.3) is 0 Å². The van der Waals surface area contributed by atoms with Gasteiger partial charge in [-0.3, -0.25) is 4.79 Å². The average molecular weight is 242 g/mol. The molecule has 0 radical (unpaired) electrons. The molecule has 0 aliphatic rings. The second kappa shape index (κ2) is 4.79. The van der Waals surface area contributed by atoms with Crippen LogP contribution in [0.3, 0.4) is 0 Å². The van der Waals surface area contributed by atoms with E-state index in [9.17, 15) is 9.90 Å². The minimum absolute atomic E-state index is 0.0449. The number of hydrogen-bond acceptors (Lipinski definition) is 3. The van der Waals surface area contributed by atoms with Crippen LogP contribution in [0, 0.1) is 6.92 Å². The summed E-state index contributed by atoms with van der Waals surface area (Å²) in [7, 11) is 0. The van der Waals surface area contributed by atoms with Crippen molar-refractivity contribution in [2.75, 3.05) is 11.1 Å². The van der Waals surface area contributed by atoms with Crippen LogP contribution >= 0.6 is 0 Å². The molecule has 18 heavy (non-hydrogen) atoms. The molecule has 0 unspecified atom stereocenters. The molecule has 1 amide bonds. The Morgan fingerprint density at radius 2 is 1.89 bits per heavy atom. The number of nitrogens with two attached hydrogens (primary N) is 1. The highest BCUT2D eigenvalue weighted by molar-refractivity contribution is 6.06. The number of phenolic OH excluding ortho intramolecular Hbond substituents is 1. The summed E-state index contributed by atoms with van der Waals surface area (Å²) in [6.07, 6.45) is 0. The molecule has 0 saturated heterocycles. The Hall–Kier alpha value is -2.49. The van der Waals surface area contributed by atoms with E-state index >= 15 is 0 Å². The van der Waals surface area contributed by atoms with E-state index in [2.05, 4.69) is 5.32 Å². The van der Waals surface area contributed by atoms with E-state index < -0.39 is 0 Å². The van der Waals surface area contributed by atoms with Gasteiger partial charge in [0.05, 0.1) is 5.56 Å². The Balaban J connectivity index is 2.27. The minimum atomic E-state index is -0.359. The molecule has 2 rings (SSSR count). The second-order valence-corrected chi connectivity index (χ2v) is 3.99. The molecule has 2 aromatic rings. The number of nitrogen functional groups attached to an aromatic ring is 1. The van der Waals surface area contributed by atoms with Gasteiger partial charge in [-0.25, -0.2) is 0 Å². The smallest absolute Gasteiger partial charge is 0.259 e. The molecule has 0 aromatic heterocycles. The lowest BCUT2D eigenvalue weighted by molar-refractivity contribution is 0.102. The zero-order valence-corrected chi connectivity index (χ0v) is 9.97. The van der Waals surface area contributed by atoms with Crippen molar-refractivity contribution in [3.05, 3.63) is 53.6 Å². The van der Waals surface area contributed by atoms with E-state index in [1.54, 1.807) is 36.4 Å². The van der Waals surface area contributed by atoms with Crippen LogP contribution in [0.5, 0.6) is 5.75 Å². The zero-order chi connectivity index (χ0) is 13.1. The molecular weight excluding hydrogens is 228 g/mol. The third-order valence-corrected chi connectivity index (χ3v) is 2.77. The quantitative estimate of drug-likeness (QED) is 0.708. The van der Waals surface area contributed by atoms with Crippen LogP contribution in [0.15, 0.2) is 42.5 Å². The summed E-state index contributed by atoms with van der Waals surface area (Å²) < 4.78 is 0. The number of carbonyl (C=O) groups is 1. The number of aromatic hydroxyl groups is 1. The van der Waals surface area contributed by atoms with Crippen LogP contribution in [-0.2, 0) is 0 Å². The summed E-state index contributed by atoms with van der Waals surface area (Å²) in [5.74, 6) is -0.404. The van der Waals surface area contributed by atoms with Crippen molar-refractivity contribution in [3.8, 4) is 5.75 Å². The number of phenols is 1. The first kappa shape index (κ1) is 12.0. The normalized spacial score (nSPS) is 10.1. The lowest BCUT2D eigenvalue weighted by atomic mass is 10.1. The van der Waals surface area contributed by atoms with Crippen molar-refractivity contribution in [1.82, 2.24) is 0 Å². The Kier molecular flexibility index (Phi) is 3.19. The maximum atomic E-state index is 12.0. The Labute approximate surface area is 105 Å². The van der Waals surface area contributed by atoms with E-state index in [-0.39, 0.29) is 17.2 Å². The molecule has 0 fully saturated rings. The van der Waals surface area contributed by atoms with Crippen molar-refractivity contribution in [2.45, 2.75) is 6.92 Å². The summed E-state index contributed by atoms with van der Waals surface area (Å²) in [5.41, 5.74) is 8.06. The van der Waals surface area contributed by atoms with Crippen LogP contribution < -0.4 is 11.1 Å². The van der Waals surface area contributed by atoms with Gasteiger partial charge in [-0.1, -0.05) is 18.2 Å². The third kappa shape index (κ3) is 2.27. The minimum Gasteiger partial charge on any atom is -0.507 e. The van der Waals surface area contributed by atoms with Crippen molar-refractivity contribution in [2.24, 2.45) is 0 Å². The fourth-order valence-electron chi connectivity index (χ4n) is 1.64. The molecule has 0 aliphatic carbocycles. The summed E-state index contributed by atoms with van der Waals surface area (Å²) in [5, 5.41) is 12.3. The van der Waals surface area contributed by atoms with Gasteiger partial charge in [-0.2, -0.15) is 0 Å². The van der Waals surface area contributed by atoms with Gasteiger partial charge < -0.3 is 16.2 Å². The summed E-state index contributed by atoms with van der Waals surface area (Å²) >= 11 is 0. The van der Waals surface area contributed by atoms with E-state index in [1.165, 1.54) is 6.07 Å². The average Bonchev–Trinajstić information content (AvgIpc) is 2.35. The van der Waals surface area contributed by atoms with Gasteiger partial charge in [0.1, 0.15) is 5.75 Å². The second-order valence-electron chi connectivity index (χ2n) is 3.99. The van der Waals surface area contributed by atoms with E-state index in [0.29, 0.717) is 11.4 Å². The first-order valence-corrected chi connectivity index (χ1v) is 5.54. The largest absolute Gasteiger partial charge is 0.507 e. The lowest BCUT2D eigenvalue weighted by Gasteiger charge is -2.10. The maximum Gasteiger partial charge on any atom is 0.259 e. The Bertz CT molecular complexity index is 594. The van der Waals surface area contributed by atoms with E-state index in [1.807, 2.05) is 6.92 Å². The third-order valence-electron chi connectivity index (χ3n) is 2.77. The zero-order valence-electron chi connectivity index (χ0n) is 9.97. The molecule has 0 heterocycles. The first-order valence-electron chi connectivity index (χ1n) is 5.54. The van der Waals surface area contributed by atoms with Crippen LogP contribution in [0.4, 0.5) is 11.4 Å². The topological polar surface area (TPSA) is 75.3 Å². The van der Waals surface area contributed by atoms with Crippen molar-refractivity contribution < 1.29 is 9.90 Å². The van der Waals surface area contributed by atoms with Gasteiger partial charge in [0.2, 0.25) is 0 Å². The standard InChI is InChI=1S/C14H14N2O2/c1-9-11(15)6-4-7-12(9)16-14(18)10-5-2-3-8-13(10)17/h2-8,17H,15H2,1H3,(H,16,18). The highest BCUT2D eigenvalue weighted by Crippen LogP contribution is 2.23. The molecule has 4 heteroatoms. The fourth-order valence-corrected chi connectivity index (χ4v) is 1.64. The van der Waals surface area contributed by atoms with E-state index in [0.717, 1.165) is 5.56 Å². The highest BCUT2D eigenvalue weighted by atomic mass is 16.3. The van der Waals surface area contributed by atoms with Crippen molar-refractivity contribution in [1.29, 1.82) is 0 Å². The molecular formula is C14H14N2O2. The first-order chi connectivity index (χ1) is 8.59. The number of hydrogen-bond donors (Lipinski definition) is 3. The molecule has 0 atom stereocenters. The molecule has 0 saturated carbocycles.